The average Bonchev–Trinajstić information content (AvgIpc) is 2.81. The first kappa shape index (κ1) is 16.9. The average molecular weight is 386 g/mol. The Balaban J connectivity index is 2.10. The highest BCUT2D eigenvalue weighted by Gasteiger charge is 2.20. The summed E-state index contributed by atoms with van der Waals surface area (Å²) in [5.74, 6) is 0. The van der Waals surface area contributed by atoms with Gasteiger partial charge in [0.25, 0.3) is 0 Å². The lowest BCUT2D eigenvalue weighted by Gasteiger charge is -2.10. The Hall–Kier alpha value is -0.500. The van der Waals surface area contributed by atoms with E-state index in [-0.39, 0.29) is 27.2 Å². The molecule has 1 heterocycles. The predicted octanol–water partition coefficient (Wildman–Crippen LogP) is 3.81. The van der Waals surface area contributed by atoms with Crippen molar-refractivity contribution in [2.24, 2.45) is 0 Å². The van der Waals surface area contributed by atoms with Crippen molar-refractivity contribution >= 4 is 61.9 Å². The molecule has 3 N–H and O–H groups in total. The van der Waals surface area contributed by atoms with Gasteiger partial charge in [0.05, 0.1) is 20.1 Å². The van der Waals surface area contributed by atoms with Gasteiger partial charge in [0.1, 0.15) is 4.90 Å². The number of benzene rings is 1. The molecule has 0 atom stereocenters. The van der Waals surface area contributed by atoms with Crippen LogP contribution in [0.5, 0.6) is 0 Å². The Morgan fingerprint density at radius 1 is 1.14 bits per heavy atom. The van der Waals surface area contributed by atoms with Crippen LogP contribution < -0.4 is 10.5 Å². The lowest BCUT2D eigenvalue weighted by molar-refractivity contribution is 0.582. The molecule has 0 saturated heterocycles. The number of anilines is 1. The van der Waals surface area contributed by atoms with Crippen molar-refractivity contribution in [3.63, 3.8) is 0 Å². The van der Waals surface area contributed by atoms with E-state index in [0.717, 1.165) is 4.88 Å². The quantitative estimate of drug-likeness (QED) is 0.769. The maximum absolute atomic E-state index is 12.2. The molecule has 9 heteroatoms. The molecule has 2 rings (SSSR count). The van der Waals surface area contributed by atoms with E-state index in [4.69, 9.17) is 40.5 Å². The van der Waals surface area contributed by atoms with Crippen LogP contribution in [0.2, 0.25) is 14.4 Å². The number of nitrogens with one attached hydrogen (secondary N) is 1. The summed E-state index contributed by atoms with van der Waals surface area (Å²) in [7, 11) is -3.74. The molecular weight excluding hydrogens is 375 g/mol. The number of nitrogen functional groups attached to an aromatic ring is 1. The van der Waals surface area contributed by atoms with Gasteiger partial charge in [-0.1, -0.05) is 34.8 Å². The fourth-order valence-electron chi connectivity index (χ4n) is 1.63. The molecular formula is C12H11Cl3N2O2S2. The minimum absolute atomic E-state index is 0.0475. The van der Waals surface area contributed by atoms with Gasteiger partial charge in [-0.3, -0.25) is 0 Å². The van der Waals surface area contributed by atoms with Gasteiger partial charge in [-0.05, 0) is 30.7 Å². The molecule has 114 valence electrons. The second-order valence-corrected chi connectivity index (χ2v) is 8.45. The smallest absolute Gasteiger partial charge is 0.242 e. The van der Waals surface area contributed by atoms with Gasteiger partial charge in [0, 0.05) is 11.4 Å². The zero-order valence-electron chi connectivity index (χ0n) is 10.6. The summed E-state index contributed by atoms with van der Waals surface area (Å²) in [6.07, 6.45) is 0.539. The van der Waals surface area contributed by atoms with E-state index >= 15 is 0 Å². The van der Waals surface area contributed by atoms with Gasteiger partial charge in [-0.15, -0.1) is 11.3 Å². The highest BCUT2D eigenvalue weighted by atomic mass is 35.5. The second kappa shape index (κ2) is 6.73. The molecule has 0 aliphatic heterocycles. The molecule has 0 saturated carbocycles. The zero-order chi connectivity index (χ0) is 15.6. The molecule has 0 aliphatic rings. The molecule has 4 nitrogen and oxygen atoms in total. The van der Waals surface area contributed by atoms with Crippen molar-refractivity contribution < 1.29 is 8.42 Å². The Morgan fingerprint density at radius 3 is 2.48 bits per heavy atom. The minimum Gasteiger partial charge on any atom is -0.396 e. The monoisotopic (exact) mass is 384 g/mol. The predicted molar refractivity (Wildman–Crippen MR) is 89.1 cm³/mol. The van der Waals surface area contributed by atoms with Gasteiger partial charge < -0.3 is 5.73 Å². The van der Waals surface area contributed by atoms with Crippen LogP contribution >= 0.6 is 46.1 Å². The normalized spacial score (nSPS) is 11.8. The summed E-state index contributed by atoms with van der Waals surface area (Å²) in [4.78, 5) is 0.902. The summed E-state index contributed by atoms with van der Waals surface area (Å²) in [6, 6.07) is 6.35. The minimum atomic E-state index is -3.74. The first-order chi connectivity index (χ1) is 9.81. The van der Waals surface area contributed by atoms with E-state index in [1.54, 1.807) is 6.07 Å². The molecule has 0 radical (unpaired) electrons. The summed E-state index contributed by atoms with van der Waals surface area (Å²) in [5.41, 5.74) is 5.68. The number of rotatable bonds is 5. The third-order valence-electron chi connectivity index (χ3n) is 2.67. The van der Waals surface area contributed by atoms with Gasteiger partial charge >= 0.3 is 0 Å². The molecule has 0 amide bonds. The fourth-order valence-corrected chi connectivity index (χ4v) is 4.51. The Bertz CT molecular complexity index is 760. The van der Waals surface area contributed by atoms with E-state index in [9.17, 15) is 8.42 Å². The van der Waals surface area contributed by atoms with Crippen LogP contribution in [0, 0.1) is 0 Å². The Morgan fingerprint density at radius 2 is 1.86 bits per heavy atom. The van der Waals surface area contributed by atoms with Crippen LogP contribution in [0.15, 0.2) is 29.2 Å². The van der Waals surface area contributed by atoms with Crippen LogP contribution in [0.25, 0.3) is 0 Å². The second-order valence-electron chi connectivity index (χ2n) is 4.13. The van der Waals surface area contributed by atoms with Gasteiger partial charge in [-0.25, -0.2) is 13.1 Å². The SMILES string of the molecule is Nc1c(Cl)ccc(S(=O)(=O)NCCc2ccc(Cl)s2)c1Cl. The summed E-state index contributed by atoms with van der Waals surface area (Å²) >= 11 is 18.9. The van der Waals surface area contributed by atoms with E-state index in [0.29, 0.717) is 10.8 Å². The van der Waals surface area contributed by atoms with E-state index in [2.05, 4.69) is 4.72 Å². The third-order valence-corrected chi connectivity index (χ3v) is 6.32. The molecule has 0 unspecified atom stereocenters. The molecule has 2 aromatic rings. The van der Waals surface area contributed by atoms with Crippen LogP contribution in [0.1, 0.15) is 4.88 Å². The van der Waals surface area contributed by atoms with Gasteiger partial charge in [0.15, 0.2) is 0 Å². The van der Waals surface area contributed by atoms with Gasteiger partial charge in [0.2, 0.25) is 10.0 Å². The van der Waals surface area contributed by atoms with Crippen molar-refractivity contribution in [3.05, 3.63) is 43.5 Å². The first-order valence-corrected chi connectivity index (χ1v) is 9.22. The van der Waals surface area contributed by atoms with Crippen molar-refractivity contribution in [2.75, 3.05) is 12.3 Å². The number of thiophene rings is 1. The third kappa shape index (κ3) is 4.03. The number of hydrogen-bond donors (Lipinski definition) is 2. The van der Waals surface area contributed by atoms with Gasteiger partial charge in [-0.2, -0.15) is 0 Å². The maximum Gasteiger partial charge on any atom is 0.242 e. The van der Waals surface area contributed by atoms with E-state index in [1.165, 1.54) is 23.5 Å². The summed E-state index contributed by atoms with van der Waals surface area (Å²) in [5, 5.41) is 0.140. The standard InChI is InChI=1S/C12H11Cl3N2O2S2/c13-8-2-3-9(11(15)12(8)16)21(18,19)17-6-5-7-1-4-10(14)20-7/h1-4,17H,5-6,16H2. The number of halogens is 3. The van der Waals surface area contributed by atoms with Crippen molar-refractivity contribution in [3.8, 4) is 0 Å². The highest BCUT2D eigenvalue weighted by Crippen LogP contribution is 2.33. The van der Waals surface area contributed by atoms with Crippen molar-refractivity contribution in [2.45, 2.75) is 11.3 Å². The first-order valence-electron chi connectivity index (χ1n) is 5.78. The van der Waals surface area contributed by atoms with Crippen LogP contribution in [-0.2, 0) is 16.4 Å². The molecule has 0 bridgehead atoms. The maximum atomic E-state index is 12.2. The highest BCUT2D eigenvalue weighted by molar-refractivity contribution is 7.89. The van der Waals surface area contributed by atoms with E-state index in [1.807, 2.05) is 6.07 Å². The largest absolute Gasteiger partial charge is 0.396 e. The molecule has 0 aliphatic carbocycles. The molecule has 1 aromatic carbocycles. The van der Waals surface area contributed by atoms with Crippen LogP contribution in [0.3, 0.4) is 0 Å². The lowest BCUT2D eigenvalue weighted by atomic mass is 10.3. The summed E-state index contributed by atoms with van der Waals surface area (Å²) in [6.45, 7) is 0.234. The van der Waals surface area contributed by atoms with E-state index < -0.39 is 10.0 Å². The molecule has 21 heavy (non-hydrogen) atoms. The topological polar surface area (TPSA) is 72.2 Å². The van der Waals surface area contributed by atoms with Crippen LogP contribution in [-0.4, -0.2) is 15.0 Å². The fraction of sp³-hybridized carbons (Fsp3) is 0.167. The number of sulfonamides is 1. The summed E-state index contributed by atoms with van der Waals surface area (Å²) < 4.78 is 27.5. The van der Waals surface area contributed by atoms with Crippen molar-refractivity contribution in [1.29, 1.82) is 0 Å². The number of nitrogens with two attached hydrogens (primary N) is 1. The lowest BCUT2D eigenvalue weighted by Crippen LogP contribution is -2.26. The zero-order valence-corrected chi connectivity index (χ0v) is 14.5. The van der Waals surface area contributed by atoms with Crippen molar-refractivity contribution in [1.82, 2.24) is 4.72 Å². The van der Waals surface area contributed by atoms with Crippen LogP contribution in [0.4, 0.5) is 5.69 Å². The molecule has 0 spiro atoms. The molecule has 0 fully saturated rings. The Labute approximate surface area is 141 Å². The Kier molecular flexibility index (Phi) is 5.40. The molecule has 1 aromatic heterocycles. The number of hydrogen-bond acceptors (Lipinski definition) is 4.